The van der Waals surface area contributed by atoms with Gasteiger partial charge < -0.3 is 10.1 Å². The van der Waals surface area contributed by atoms with Crippen LogP contribution in [0.4, 0.5) is 0 Å². The van der Waals surface area contributed by atoms with Crippen molar-refractivity contribution in [1.82, 2.24) is 9.62 Å². The fraction of sp³-hybridized carbons (Fsp3) is 0.667. The van der Waals surface area contributed by atoms with E-state index in [0.717, 1.165) is 25.8 Å². The zero-order valence-corrected chi connectivity index (χ0v) is 15.4. The maximum absolute atomic E-state index is 12.1. The summed E-state index contributed by atoms with van der Waals surface area (Å²) in [5, 5.41) is 3.61. The summed E-state index contributed by atoms with van der Waals surface area (Å²) in [7, 11) is -1.36. The molecule has 0 aromatic heterocycles. The van der Waals surface area contributed by atoms with E-state index in [0.29, 0.717) is 25.7 Å². The molecular weight excluding hydrogens is 324 g/mol. The van der Waals surface area contributed by atoms with Crippen molar-refractivity contribution in [1.29, 1.82) is 0 Å². The molecule has 1 fully saturated rings. The molecular formula is C18H28N2O3S. The molecule has 1 unspecified atom stereocenters. The highest BCUT2D eigenvalue weighted by molar-refractivity contribution is 7.89. The molecule has 0 amide bonds. The van der Waals surface area contributed by atoms with Crippen LogP contribution in [-0.2, 0) is 20.2 Å². The van der Waals surface area contributed by atoms with Crippen molar-refractivity contribution in [2.75, 3.05) is 39.1 Å². The number of nitrogens with zero attached hydrogens (tertiary/aromatic N) is 1. The molecule has 3 rings (SSSR count). The molecule has 1 aromatic carbocycles. The molecule has 0 saturated carbocycles. The molecule has 2 aliphatic rings. The van der Waals surface area contributed by atoms with Crippen molar-refractivity contribution in [2.45, 2.75) is 37.6 Å². The highest BCUT2D eigenvalue weighted by Crippen LogP contribution is 2.50. The molecule has 24 heavy (non-hydrogen) atoms. The lowest BCUT2D eigenvalue weighted by Crippen LogP contribution is -2.45. The second-order valence-corrected chi connectivity index (χ2v) is 9.13. The van der Waals surface area contributed by atoms with Gasteiger partial charge in [-0.25, -0.2) is 12.7 Å². The summed E-state index contributed by atoms with van der Waals surface area (Å²) in [6.07, 6.45) is 2.87. The Morgan fingerprint density at radius 2 is 2.00 bits per heavy atom. The smallest absolute Gasteiger partial charge is 0.213 e. The number of fused-ring (bicyclic) bond motifs is 2. The third-order valence-corrected chi connectivity index (χ3v) is 7.52. The Balaban J connectivity index is 1.78. The summed E-state index contributed by atoms with van der Waals surface area (Å²) in [6, 6.07) is 8.99. The molecule has 1 atom stereocenters. The molecule has 1 N–H and O–H groups in total. The Bertz CT molecular complexity index is 667. The van der Waals surface area contributed by atoms with Crippen LogP contribution in [0.5, 0.6) is 0 Å². The topological polar surface area (TPSA) is 58.6 Å². The lowest BCUT2D eigenvalue weighted by molar-refractivity contribution is 0.188. The van der Waals surface area contributed by atoms with Gasteiger partial charge in [-0.2, -0.15) is 0 Å². The third-order valence-electron chi connectivity index (χ3n) is 5.64. The number of nitrogens with one attached hydrogen (secondary N) is 1. The molecule has 6 heteroatoms. The fourth-order valence-electron chi connectivity index (χ4n) is 4.26. The van der Waals surface area contributed by atoms with E-state index < -0.39 is 10.0 Å². The maximum atomic E-state index is 12.1. The van der Waals surface area contributed by atoms with Crippen LogP contribution >= 0.6 is 0 Å². The van der Waals surface area contributed by atoms with E-state index in [1.165, 1.54) is 11.1 Å². The predicted octanol–water partition coefficient (Wildman–Crippen LogP) is 2.05. The first-order chi connectivity index (χ1) is 11.5. The molecule has 0 radical (unpaired) electrons. The van der Waals surface area contributed by atoms with Crippen LogP contribution in [0, 0.1) is 0 Å². The standard InChI is InChI=1S/C18H28N2O3S/c1-3-24(21,22)20-11-8-18(9-12-20)14-17(19-10-13-23-2)15-6-4-5-7-16(15)18/h4-7,17,19H,3,8-14H2,1-2H3. The largest absolute Gasteiger partial charge is 0.383 e. The van der Waals surface area contributed by atoms with Crippen LogP contribution in [0.1, 0.15) is 43.4 Å². The predicted molar refractivity (Wildman–Crippen MR) is 95.6 cm³/mol. The van der Waals surface area contributed by atoms with Gasteiger partial charge in [0.25, 0.3) is 0 Å². The highest BCUT2D eigenvalue weighted by atomic mass is 32.2. The minimum atomic E-state index is -3.07. The molecule has 1 aliphatic carbocycles. The quantitative estimate of drug-likeness (QED) is 0.796. The van der Waals surface area contributed by atoms with Crippen molar-refractivity contribution in [2.24, 2.45) is 0 Å². The summed E-state index contributed by atoms with van der Waals surface area (Å²) < 4.78 is 31.1. The van der Waals surface area contributed by atoms with Crippen LogP contribution < -0.4 is 5.32 Å². The van der Waals surface area contributed by atoms with Gasteiger partial charge in [0.05, 0.1) is 12.4 Å². The third kappa shape index (κ3) is 3.25. The lowest BCUT2D eigenvalue weighted by atomic mass is 9.74. The van der Waals surface area contributed by atoms with Crippen LogP contribution in [0.25, 0.3) is 0 Å². The van der Waals surface area contributed by atoms with Gasteiger partial charge in [0.1, 0.15) is 0 Å². The van der Waals surface area contributed by atoms with E-state index in [-0.39, 0.29) is 11.2 Å². The van der Waals surface area contributed by atoms with Crippen LogP contribution in [0.3, 0.4) is 0 Å². The molecule has 1 aromatic rings. The SMILES string of the molecule is CCS(=O)(=O)N1CCC2(CC1)CC(NCCOC)c1ccccc12. The summed E-state index contributed by atoms with van der Waals surface area (Å²) in [5.41, 5.74) is 2.90. The average Bonchev–Trinajstić information content (AvgIpc) is 2.90. The highest BCUT2D eigenvalue weighted by Gasteiger charge is 2.46. The zero-order chi connectivity index (χ0) is 17.2. The monoisotopic (exact) mass is 352 g/mol. The molecule has 134 valence electrons. The second kappa shape index (κ2) is 7.12. The first-order valence-electron chi connectivity index (χ1n) is 8.82. The van der Waals surface area contributed by atoms with Crippen molar-refractivity contribution in [3.8, 4) is 0 Å². The normalized spacial score (nSPS) is 23.5. The van der Waals surface area contributed by atoms with E-state index >= 15 is 0 Å². The minimum Gasteiger partial charge on any atom is -0.383 e. The van der Waals surface area contributed by atoms with Gasteiger partial charge in [0.15, 0.2) is 0 Å². The summed E-state index contributed by atoms with van der Waals surface area (Å²) in [4.78, 5) is 0. The van der Waals surface area contributed by atoms with Gasteiger partial charge in [-0.05, 0) is 42.7 Å². The second-order valence-electron chi connectivity index (χ2n) is 6.87. The Morgan fingerprint density at radius 3 is 2.67 bits per heavy atom. The molecule has 1 heterocycles. The van der Waals surface area contributed by atoms with Crippen molar-refractivity contribution in [3.05, 3.63) is 35.4 Å². The van der Waals surface area contributed by atoms with Gasteiger partial charge in [-0.3, -0.25) is 0 Å². The molecule has 5 nitrogen and oxygen atoms in total. The van der Waals surface area contributed by atoms with Gasteiger partial charge in [-0.1, -0.05) is 24.3 Å². The number of benzene rings is 1. The number of sulfonamides is 1. The maximum Gasteiger partial charge on any atom is 0.213 e. The summed E-state index contributed by atoms with van der Waals surface area (Å²) in [6.45, 7) is 4.53. The Kier molecular flexibility index (Phi) is 5.30. The van der Waals surface area contributed by atoms with Crippen molar-refractivity contribution >= 4 is 10.0 Å². The number of hydrogen-bond acceptors (Lipinski definition) is 4. The van der Waals surface area contributed by atoms with E-state index in [1.807, 2.05) is 0 Å². The Hall–Kier alpha value is -0.950. The molecule has 0 bridgehead atoms. The average molecular weight is 353 g/mol. The summed E-state index contributed by atoms with van der Waals surface area (Å²) >= 11 is 0. The van der Waals surface area contributed by atoms with E-state index in [9.17, 15) is 8.42 Å². The minimum absolute atomic E-state index is 0.112. The Labute approximate surface area is 145 Å². The van der Waals surface area contributed by atoms with E-state index in [1.54, 1.807) is 18.3 Å². The number of methoxy groups -OCH3 is 1. The molecule has 1 saturated heterocycles. The van der Waals surface area contributed by atoms with Gasteiger partial charge in [-0.15, -0.1) is 0 Å². The van der Waals surface area contributed by atoms with Crippen LogP contribution in [0.2, 0.25) is 0 Å². The van der Waals surface area contributed by atoms with E-state index in [4.69, 9.17) is 4.74 Å². The van der Waals surface area contributed by atoms with Crippen LogP contribution in [-0.4, -0.2) is 51.8 Å². The fourth-order valence-corrected chi connectivity index (χ4v) is 5.36. The van der Waals surface area contributed by atoms with Crippen molar-refractivity contribution < 1.29 is 13.2 Å². The Morgan fingerprint density at radius 1 is 1.29 bits per heavy atom. The molecule has 1 aliphatic heterocycles. The first-order valence-corrected chi connectivity index (χ1v) is 10.4. The van der Waals surface area contributed by atoms with Crippen molar-refractivity contribution in [3.63, 3.8) is 0 Å². The lowest BCUT2D eigenvalue weighted by Gasteiger charge is -2.39. The number of hydrogen-bond donors (Lipinski definition) is 1. The zero-order valence-electron chi connectivity index (χ0n) is 14.6. The first kappa shape index (κ1) is 17.9. The van der Waals surface area contributed by atoms with E-state index in [2.05, 4.69) is 29.6 Å². The van der Waals surface area contributed by atoms with Gasteiger partial charge in [0.2, 0.25) is 10.0 Å². The summed E-state index contributed by atoms with van der Waals surface area (Å²) in [5.74, 6) is 0.192. The van der Waals surface area contributed by atoms with Crippen LogP contribution in [0.15, 0.2) is 24.3 Å². The van der Waals surface area contributed by atoms with Gasteiger partial charge >= 0.3 is 0 Å². The number of ether oxygens (including phenoxy) is 1. The number of rotatable bonds is 6. The van der Waals surface area contributed by atoms with Gasteiger partial charge in [0, 0.05) is 32.8 Å². The number of piperidine rings is 1. The molecule has 1 spiro atoms.